The summed E-state index contributed by atoms with van der Waals surface area (Å²) in [7, 11) is 2.04. The van der Waals surface area contributed by atoms with Gasteiger partial charge in [-0.25, -0.2) is 0 Å². The Labute approximate surface area is 162 Å². The fraction of sp³-hybridized carbons (Fsp3) is 0.611. The topological polar surface area (TPSA) is 105 Å². The van der Waals surface area contributed by atoms with Gasteiger partial charge in [0.15, 0.2) is 5.65 Å². The van der Waals surface area contributed by atoms with Crippen LogP contribution >= 0.6 is 0 Å². The summed E-state index contributed by atoms with van der Waals surface area (Å²) >= 11 is 0. The molecule has 1 N–H and O–H groups in total. The molecular weight excluding hydrogens is 362 g/mol. The van der Waals surface area contributed by atoms with Crippen LogP contribution in [-0.2, 0) is 9.53 Å². The molecule has 4 rings (SSSR count). The predicted octanol–water partition coefficient (Wildman–Crippen LogP) is -0.434. The van der Waals surface area contributed by atoms with Crippen LogP contribution in [0.1, 0.15) is 29.6 Å². The molecule has 0 aromatic carbocycles. The van der Waals surface area contributed by atoms with Crippen molar-refractivity contribution in [3.05, 3.63) is 23.9 Å². The van der Waals surface area contributed by atoms with E-state index in [2.05, 4.69) is 25.7 Å². The number of likely N-dealkylation sites (tertiary alicyclic amines) is 1. The number of likely N-dealkylation sites (N-methyl/N-ethyl adjacent to an activating group) is 1. The summed E-state index contributed by atoms with van der Waals surface area (Å²) < 4.78 is 6.79. The molecule has 2 aromatic heterocycles. The molecule has 2 aromatic rings. The first-order valence-corrected chi connectivity index (χ1v) is 9.65. The number of hydrogen-bond donors (Lipinski definition) is 1. The predicted molar refractivity (Wildman–Crippen MR) is 99.7 cm³/mol. The number of rotatable bonds is 5. The van der Waals surface area contributed by atoms with Crippen LogP contribution in [-0.4, -0.2) is 93.6 Å². The number of ether oxygens (including phenoxy) is 1. The van der Waals surface area contributed by atoms with Crippen molar-refractivity contribution in [3.63, 3.8) is 0 Å². The van der Waals surface area contributed by atoms with E-state index in [1.807, 2.05) is 11.9 Å². The number of aromatic nitrogens is 4. The van der Waals surface area contributed by atoms with Gasteiger partial charge in [-0.15, -0.1) is 5.10 Å². The molecule has 2 atom stereocenters. The molecule has 2 fully saturated rings. The lowest BCUT2D eigenvalue weighted by Gasteiger charge is -2.30. The molecule has 0 radical (unpaired) electrons. The lowest BCUT2D eigenvalue weighted by atomic mass is 10.1. The number of hydrogen-bond acceptors (Lipinski definition) is 7. The lowest BCUT2D eigenvalue weighted by molar-refractivity contribution is -0.136. The van der Waals surface area contributed by atoms with Crippen LogP contribution in [0.5, 0.6) is 0 Å². The summed E-state index contributed by atoms with van der Waals surface area (Å²) in [6.45, 7) is 3.15. The highest BCUT2D eigenvalue weighted by Crippen LogP contribution is 2.25. The van der Waals surface area contributed by atoms with E-state index in [0.717, 1.165) is 12.8 Å². The minimum absolute atomic E-state index is 0.154. The molecular formula is C18H25N7O3. The Hall–Kier alpha value is -2.59. The van der Waals surface area contributed by atoms with Crippen LogP contribution in [0.15, 0.2) is 18.3 Å². The quantitative estimate of drug-likeness (QED) is 0.742. The Morgan fingerprint density at radius 2 is 2.00 bits per heavy atom. The lowest BCUT2D eigenvalue weighted by Crippen LogP contribution is -2.45. The molecule has 2 saturated heterocycles. The monoisotopic (exact) mass is 387 g/mol. The first-order valence-electron chi connectivity index (χ1n) is 9.65. The van der Waals surface area contributed by atoms with Crippen molar-refractivity contribution in [2.45, 2.75) is 31.3 Å². The standard InChI is InChI=1S/C18H25N7O3/c1-23-14(10-17(26)24-6-8-28-9-7-24)3-4-15(23)11-19-18(27)13-2-5-16-20-21-22-25(16)12-13/h2,5,12,14-15H,3-4,6-11H2,1H3,(H,19,27)/t14-,15+/m1/s1. The van der Waals surface area contributed by atoms with E-state index >= 15 is 0 Å². The van der Waals surface area contributed by atoms with Crippen molar-refractivity contribution in [2.75, 3.05) is 39.9 Å². The van der Waals surface area contributed by atoms with E-state index in [9.17, 15) is 9.59 Å². The van der Waals surface area contributed by atoms with Crippen molar-refractivity contribution >= 4 is 17.5 Å². The zero-order chi connectivity index (χ0) is 19.5. The molecule has 2 aliphatic rings. The summed E-state index contributed by atoms with van der Waals surface area (Å²) in [4.78, 5) is 29.1. The highest BCUT2D eigenvalue weighted by atomic mass is 16.5. The van der Waals surface area contributed by atoms with Crippen LogP contribution in [0, 0.1) is 0 Å². The van der Waals surface area contributed by atoms with Gasteiger partial charge in [0.05, 0.1) is 18.8 Å². The summed E-state index contributed by atoms with van der Waals surface area (Å²) in [5, 5.41) is 14.2. The number of tetrazole rings is 1. The maximum absolute atomic E-state index is 12.5. The van der Waals surface area contributed by atoms with Gasteiger partial charge in [-0.3, -0.25) is 14.5 Å². The first-order chi connectivity index (χ1) is 13.6. The molecule has 4 heterocycles. The molecule has 10 nitrogen and oxygen atoms in total. The van der Waals surface area contributed by atoms with Gasteiger partial charge in [0.1, 0.15) is 0 Å². The van der Waals surface area contributed by atoms with Crippen LogP contribution in [0.3, 0.4) is 0 Å². The Kier molecular flexibility index (Phi) is 5.49. The van der Waals surface area contributed by atoms with Gasteiger partial charge in [0, 0.05) is 44.3 Å². The zero-order valence-electron chi connectivity index (χ0n) is 16.0. The van der Waals surface area contributed by atoms with Crippen LogP contribution < -0.4 is 5.32 Å². The number of amides is 2. The highest BCUT2D eigenvalue weighted by Gasteiger charge is 2.33. The number of morpholine rings is 1. The van der Waals surface area contributed by atoms with Crippen molar-refractivity contribution < 1.29 is 14.3 Å². The average Bonchev–Trinajstić information content (AvgIpc) is 3.33. The summed E-state index contributed by atoms with van der Waals surface area (Å²) in [6, 6.07) is 3.87. The van der Waals surface area contributed by atoms with E-state index < -0.39 is 0 Å². The maximum Gasteiger partial charge on any atom is 0.252 e. The third-order valence-electron chi connectivity index (χ3n) is 5.71. The molecule has 0 bridgehead atoms. The smallest absolute Gasteiger partial charge is 0.252 e. The summed E-state index contributed by atoms with van der Waals surface area (Å²) in [5.74, 6) is 0.0400. The average molecular weight is 387 g/mol. The Morgan fingerprint density at radius 3 is 2.82 bits per heavy atom. The molecule has 0 spiro atoms. The second-order valence-corrected chi connectivity index (χ2v) is 7.36. The van der Waals surface area contributed by atoms with Gasteiger partial charge in [0.25, 0.3) is 5.91 Å². The van der Waals surface area contributed by atoms with Crippen molar-refractivity contribution in [3.8, 4) is 0 Å². The molecule has 150 valence electrons. The van der Waals surface area contributed by atoms with E-state index in [0.29, 0.717) is 50.5 Å². The third-order valence-corrected chi connectivity index (χ3v) is 5.71. The fourth-order valence-corrected chi connectivity index (χ4v) is 3.91. The second-order valence-electron chi connectivity index (χ2n) is 7.36. The second kappa shape index (κ2) is 8.19. The summed E-state index contributed by atoms with van der Waals surface area (Å²) in [6.07, 6.45) is 4.07. The highest BCUT2D eigenvalue weighted by molar-refractivity contribution is 5.94. The van der Waals surface area contributed by atoms with Gasteiger partial charge in [-0.2, -0.15) is 4.52 Å². The van der Waals surface area contributed by atoms with Gasteiger partial charge < -0.3 is 15.0 Å². The number of nitrogens with zero attached hydrogens (tertiary/aromatic N) is 6. The molecule has 2 aliphatic heterocycles. The Morgan fingerprint density at radius 1 is 1.21 bits per heavy atom. The molecule has 0 aliphatic carbocycles. The number of carbonyl (C=O) groups excluding carboxylic acids is 2. The van der Waals surface area contributed by atoms with Crippen molar-refractivity contribution in [1.29, 1.82) is 0 Å². The van der Waals surface area contributed by atoms with E-state index in [1.54, 1.807) is 18.3 Å². The fourth-order valence-electron chi connectivity index (χ4n) is 3.91. The van der Waals surface area contributed by atoms with Gasteiger partial charge >= 0.3 is 0 Å². The van der Waals surface area contributed by atoms with Gasteiger partial charge in [0.2, 0.25) is 5.91 Å². The van der Waals surface area contributed by atoms with Gasteiger partial charge in [-0.1, -0.05) is 0 Å². The minimum atomic E-state index is -0.154. The number of carbonyl (C=O) groups is 2. The van der Waals surface area contributed by atoms with Crippen molar-refractivity contribution in [1.82, 2.24) is 35.2 Å². The molecule has 2 amide bonds. The number of nitrogens with one attached hydrogen (secondary N) is 1. The Bertz CT molecular complexity index is 849. The molecule has 10 heteroatoms. The molecule has 0 saturated carbocycles. The SMILES string of the molecule is CN1[C@@H](CC(=O)N2CCOCC2)CC[C@H]1CNC(=O)c1ccc2nnnn2c1. The molecule has 28 heavy (non-hydrogen) atoms. The van der Waals surface area contributed by atoms with E-state index in [1.165, 1.54) is 4.52 Å². The Balaban J connectivity index is 1.28. The van der Waals surface area contributed by atoms with Crippen LogP contribution in [0.4, 0.5) is 0 Å². The van der Waals surface area contributed by atoms with E-state index in [4.69, 9.17) is 4.74 Å². The zero-order valence-corrected chi connectivity index (χ0v) is 16.0. The number of pyridine rings is 1. The summed E-state index contributed by atoms with van der Waals surface area (Å²) in [5.41, 5.74) is 1.11. The minimum Gasteiger partial charge on any atom is -0.378 e. The number of fused-ring (bicyclic) bond motifs is 1. The van der Waals surface area contributed by atoms with Gasteiger partial charge in [-0.05, 0) is 42.4 Å². The van der Waals surface area contributed by atoms with E-state index in [-0.39, 0.29) is 23.9 Å². The maximum atomic E-state index is 12.5. The largest absolute Gasteiger partial charge is 0.378 e. The van der Waals surface area contributed by atoms with Crippen LogP contribution in [0.2, 0.25) is 0 Å². The van der Waals surface area contributed by atoms with Crippen molar-refractivity contribution in [2.24, 2.45) is 0 Å². The normalized spacial score (nSPS) is 23.2. The van der Waals surface area contributed by atoms with Crippen LogP contribution in [0.25, 0.3) is 5.65 Å². The first kappa shape index (κ1) is 18.8. The molecule has 0 unspecified atom stereocenters. The third kappa shape index (κ3) is 3.97.